The molecule has 0 rings (SSSR count). The fourth-order valence-corrected chi connectivity index (χ4v) is 8.53. The van der Waals surface area contributed by atoms with Crippen LogP contribution in [0, 0.1) is 0 Å². The van der Waals surface area contributed by atoms with E-state index in [0.717, 1.165) is 57.8 Å². The molecule has 0 aliphatic carbocycles. The Morgan fingerprint density at radius 3 is 1.35 bits per heavy atom. The third-order valence-electron chi connectivity index (χ3n) is 12.2. The fourth-order valence-electron chi connectivity index (χ4n) is 7.80. The SMILES string of the molecule is CCCCC/C=C/CC/C=C/CC/C=C/C(O)C(COP(=O)([O-])OCC[N+](C)(C)C)NC(=O)CCCCCCCCCCCCCCCCC/C=C\C/C=C\CCCCCCCCCCC. The number of amides is 1. The molecule has 0 heterocycles. The van der Waals surface area contributed by atoms with Crippen LogP contribution in [0.5, 0.6) is 0 Å². The predicted molar refractivity (Wildman–Crippen MR) is 284 cm³/mol. The normalized spacial score (nSPS) is 14.5. The second kappa shape index (κ2) is 48.2. The van der Waals surface area contributed by atoms with Gasteiger partial charge in [0.15, 0.2) is 0 Å². The van der Waals surface area contributed by atoms with Crippen molar-refractivity contribution in [3.05, 3.63) is 60.8 Å². The van der Waals surface area contributed by atoms with Crippen LogP contribution in [0.4, 0.5) is 0 Å². The first-order valence-electron chi connectivity index (χ1n) is 27.7. The molecule has 0 aliphatic rings. The summed E-state index contributed by atoms with van der Waals surface area (Å²) in [6.45, 7) is 4.59. The van der Waals surface area contributed by atoms with Gasteiger partial charge in [-0.3, -0.25) is 9.36 Å². The Hall–Kier alpha value is -1.80. The second-order valence-corrected chi connectivity index (χ2v) is 21.3. The number of nitrogens with zero attached hydrogens (tertiary/aromatic N) is 1. The summed E-state index contributed by atoms with van der Waals surface area (Å²) in [4.78, 5) is 25.4. The minimum absolute atomic E-state index is 0.0103. The van der Waals surface area contributed by atoms with E-state index in [0.29, 0.717) is 17.4 Å². The minimum Gasteiger partial charge on any atom is -0.756 e. The number of hydrogen-bond donors (Lipinski definition) is 2. The molecule has 9 heteroatoms. The lowest BCUT2D eigenvalue weighted by atomic mass is 10.0. The molecule has 3 unspecified atom stereocenters. The van der Waals surface area contributed by atoms with E-state index in [1.54, 1.807) is 6.08 Å². The van der Waals surface area contributed by atoms with Crippen molar-refractivity contribution in [2.45, 2.75) is 257 Å². The second-order valence-electron chi connectivity index (χ2n) is 19.9. The Morgan fingerprint density at radius 2 is 0.894 bits per heavy atom. The van der Waals surface area contributed by atoms with Gasteiger partial charge in [-0.15, -0.1) is 0 Å². The van der Waals surface area contributed by atoms with Gasteiger partial charge in [0.2, 0.25) is 5.91 Å². The maximum absolute atomic E-state index is 12.9. The van der Waals surface area contributed by atoms with Gasteiger partial charge in [0.25, 0.3) is 7.82 Å². The number of aliphatic hydroxyl groups excluding tert-OH is 1. The van der Waals surface area contributed by atoms with Gasteiger partial charge in [-0.05, 0) is 77.0 Å². The van der Waals surface area contributed by atoms with Gasteiger partial charge in [0, 0.05) is 6.42 Å². The highest BCUT2D eigenvalue weighted by Gasteiger charge is 2.23. The zero-order valence-corrected chi connectivity index (χ0v) is 44.8. The molecule has 0 bridgehead atoms. The number of nitrogens with one attached hydrogen (secondary N) is 1. The average molecular weight is 947 g/mol. The summed E-state index contributed by atoms with van der Waals surface area (Å²) in [5.74, 6) is -0.212. The van der Waals surface area contributed by atoms with Gasteiger partial charge in [0.05, 0.1) is 39.9 Å². The van der Waals surface area contributed by atoms with Crippen LogP contribution in [0.15, 0.2) is 60.8 Å². The molecule has 0 radical (unpaired) electrons. The molecule has 0 aromatic carbocycles. The molecule has 0 aliphatic heterocycles. The third kappa shape index (κ3) is 50.1. The quantitative estimate of drug-likeness (QED) is 0.0272. The summed E-state index contributed by atoms with van der Waals surface area (Å²) in [5, 5.41) is 13.8. The predicted octanol–water partition coefficient (Wildman–Crippen LogP) is 15.9. The number of phosphoric ester groups is 1. The van der Waals surface area contributed by atoms with Crippen molar-refractivity contribution >= 4 is 13.7 Å². The average Bonchev–Trinajstić information content (AvgIpc) is 3.28. The number of carbonyl (C=O) groups excluding carboxylic acids is 1. The van der Waals surface area contributed by atoms with Crippen LogP contribution in [-0.2, 0) is 18.4 Å². The standard InChI is InChI=1S/C57H107N2O6P/c1-6-8-10-12-14-16-18-20-21-22-23-24-25-26-27-28-29-30-31-32-33-34-35-36-37-39-41-43-45-47-49-51-57(61)58-55(54-65-66(62,63)64-53-52-59(3,4)5)56(60)50-48-46-44-42-40-38-19-17-15-13-11-9-7-2/h15,17,23-24,26-27,40,42,48,50,55-56,60H,6-14,16,18-22,25,28-39,41,43-47,49,51-54H2,1-5H3,(H-,58,61,62,63)/b17-15+,24-23-,27-26-,42-40+,50-48+. The van der Waals surface area contributed by atoms with Gasteiger partial charge in [-0.2, -0.15) is 0 Å². The Balaban J connectivity index is 4.10. The van der Waals surface area contributed by atoms with E-state index in [2.05, 4.69) is 67.8 Å². The van der Waals surface area contributed by atoms with E-state index in [1.807, 2.05) is 27.2 Å². The Morgan fingerprint density at radius 1 is 0.530 bits per heavy atom. The highest BCUT2D eigenvalue weighted by molar-refractivity contribution is 7.45. The number of unbranched alkanes of at least 4 members (excludes halogenated alkanes) is 29. The number of carbonyl (C=O) groups is 1. The van der Waals surface area contributed by atoms with Crippen molar-refractivity contribution in [2.75, 3.05) is 40.9 Å². The largest absolute Gasteiger partial charge is 0.756 e. The first kappa shape index (κ1) is 64.2. The highest BCUT2D eigenvalue weighted by Crippen LogP contribution is 2.38. The first-order valence-corrected chi connectivity index (χ1v) is 29.1. The van der Waals surface area contributed by atoms with E-state index in [4.69, 9.17) is 9.05 Å². The lowest BCUT2D eigenvalue weighted by Crippen LogP contribution is -2.45. The van der Waals surface area contributed by atoms with Gasteiger partial charge in [-0.25, -0.2) is 0 Å². The monoisotopic (exact) mass is 947 g/mol. The highest BCUT2D eigenvalue weighted by atomic mass is 31.2. The molecule has 66 heavy (non-hydrogen) atoms. The maximum Gasteiger partial charge on any atom is 0.268 e. The number of allylic oxidation sites excluding steroid dienone is 9. The van der Waals surface area contributed by atoms with Crippen LogP contribution >= 0.6 is 7.82 Å². The van der Waals surface area contributed by atoms with Crippen molar-refractivity contribution in [2.24, 2.45) is 0 Å². The van der Waals surface area contributed by atoms with Crippen LogP contribution in [0.25, 0.3) is 0 Å². The number of aliphatic hydroxyl groups is 1. The van der Waals surface area contributed by atoms with Crippen LogP contribution in [0.2, 0.25) is 0 Å². The zero-order chi connectivity index (χ0) is 48.5. The van der Waals surface area contributed by atoms with Crippen LogP contribution in [0.3, 0.4) is 0 Å². The van der Waals surface area contributed by atoms with E-state index in [9.17, 15) is 19.4 Å². The molecule has 0 saturated carbocycles. The summed E-state index contributed by atoms with van der Waals surface area (Å²) in [7, 11) is 1.23. The van der Waals surface area contributed by atoms with Crippen molar-refractivity contribution < 1.29 is 32.9 Å². The smallest absolute Gasteiger partial charge is 0.268 e. The molecule has 386 valence electrons. The van der Waals surface area contributed by atoms with E-state index in [-0.39, 0.29) is 12.5 Å². The Kier molecular flexibility index (Phi) is 46.9. The third-order valence-corrected chi connectivity index (χ3v) is 13.1. The molecule has 0 aromatic rings. The van der Waals surface area contributed by atoms with Crippen molar-refractivity contribution in [1.82, 2.24) is 5.32 Å². The van der Waals surface area contributed by atoms with Crippen LogP contribution < -0.4 is 10.2 Å². The van der Waals surface area contributed by atoms with Gasteiger partial charge in [-0.1, -0.05) is 222 Å². The van der Waals surface area contributed by atoms with Crippen molar-refractivity contribution in [3.63, 3.8) is 0 Å². The van der Waals surface area contributed by atoms with Gasteiger partial charge < -0.3 is 28.8 Å². The fraction of sp³-hybridized carbons (Fsp3) is 0.807. The lowest BCUT2D eigenvalue weighted by molar-refractivity contribution is -0.870. The Labute approximate surface area is 409 Å². The Bertz CT molecular complexity index is 1260. The molecular weight excluding hydrogens is 840 g/mol. The van der Waals surface area contributed by atoms with E-state index < -0.39 is 26.6 Å². The topological polar surface area (TPSA) is 108 Å². The summed E-state index contributed by atoms with van der Waals surface area (Å²) < 4.78 is 23.2. The number of rotatable bonds is 50. The molecule has 0 saturated heterocycles. The summed E-state index contributed by atoms with van der Waals surface area (Å²) in [6.07, 6.45) is 64.5. The lowest BCUT2D eigenvalue weighted by Gasteiger charge is -2.29. The molecule has 0 fully saturated rings. The van der Waals surface area contributed by atoms with E-state index >= 15 is 0 Å². The maximum atomic E-state index is 12.9. The number of phosphoric acid groups is 1. The summed E-state index contributed by atoms with van der Waals surface area (Å²) in [5.41, 5.74) is 0. The molecular formula is C57H107N2O6P. The van der Waals surface area contributed by atoms with Crippen molar-refractivity contribution in [1.29, 1.82) is 0 Å². The summed E-state index contributed by atoms with van der Waals surface area (Å²) >= 11 is 0. The number of likely N-dealkylation sites (N-methyl/N-ethyl adjacent to an activating group) is 1. The van der Waals surface area contributed by atoms with Gasteiger partial charge in [0.1, 0.15) is 13.2 Å². The molecule has 0 aromatic heterocycles. The number of hydrogen-bond acceptors (Lipinski definition) is 6. The molecule has 3 atom stereocenters. The van der Waals surface area contributed by atoms with Gasteiger partial charge >= 0.3 is 0 Å². The zero-order valence-electron chi connectivity index (χ0n) is 43.9. The van der Waals surface area contributed by atoms with Crippen molar-refractivity contribution in [3.8, 4) is 0 Å². The number of quaternary nitrogens is 1. The van der Waals surface area contributed by atoms with E-state index in [1.165, 1.54) is 167 Å². The molecule has 8 nitrogen and oxygen atoms in total. The molecule has 2 N–H and O–H groups in total. The minimum atomic E-state index is -4.60. The summed E-state index contributed by atoms with van der Waals surface area (Å²) in [6, 6.07) is -0.910. The first-order chi connectivity index (χ1) is 32.0. The molecule has 0 spiro atoms. The molecule has 1 amide bonds. The van der Waals surface area contributed by atoms with Crippen LogP contribution in [0.1, 0.15) is 245 Å². The van der Waals surface area contributed by atoms with Crippen LogP contribution in [-0.4, -0.2) is 68.5 Å².